The molecule has 2 aliphatic rings. The molecule has 22 heavy (non-hydrogen) atoms. The number of hydrogen-bond donors (Lipinski definition) is 0. The zero-order valence-corrected chi connectivity index (χ0v) is 12.2. The molecule has 0 unspecified atom stereocenters. The van der Waals surface area contributed by atoms with E-state index < -0.39 is 4.92 Å². The van der Waals surface area contributed by atoms with Crippen LogP contribution in [0, 0.1) is 10.1 Å². The van der Waals surface area contributed by atoms with Crippen LogP contribution in [0.3, 0.4) is 0 Å². The molecule has 1 aromatic heterocycles. The number of amides is 1. The fourth-order valence-corrected chi connectivity index (χ4v) is 2.95. The van der Waals surface area contributed by atoms with Crippen molar-refractivity contribution in [1.29, 1.82) is 0 Å². The summed E-state index contributed by atoms with van der Waals surface area (Å²) in [4.78, 5) is 30.8. The number of aromatic nitrogens is 1. The van der Waals surface area contributed by atoms with Crippen LogP contribution in [0.1, 0.15) is 12.8 Å². The third kappa shape index (κ3) is 2.87. The number of ether oxygens (including phenoxy) is 1. The molecule has 0 N–H and O–H groups in total. The largest absolute Gasteiger partial charge is 0.378 e. The van der Waals surface area contributed by atoms with Crippen LogP contribution in [-0.2, 0) is 9.53 Å². The first-order chi connectivity index (χ1) is 10.7. The van der Waals surface area contributed by atoms with E-state index in [1.54, 1.807) is 6.07 Å². The van der Waals surface area contributed by atoms with Crippen molar-refractivity contribution >= 4 is 17.4 Å². The van der Waals surface area contributed by atoms with Crippen LogP contribution in [0.25, 0.3) is 0 Å². The summed E-state index contributed by atoms with van der Waals surface area (Å²) in [5.41, 5.74) is -0.0426. The van der Waals surface area contributed by atoms with Crippen LogP contribution < -0.4 is 4.90 Å². The number of rotatable bonds is 3. The smallest absolute Gasteiger partial charge is 0.287 e. The van der Waals surface area contributed by atoms with Crippen molar-refractivity contribution in [3.8, 4) is 0 Å². The minimum Gasteiger partial charge on any atom is -0.378 e. The Balaban J connectivity index is 1.74. The van der Waals surface area contributed by atoms with Crippen LogP contribution in [0.5, 0.6) is 0 Å². The van der Waals surface area contributed by atoms with Crippen LogP contribution in [-0.4, -0.2) is 59.6 Å². The maximum atomic E-state index is 12.7. The molecule has 2 aliphatic heterocycles. The average molecular weight is 306 g/mol. The second kappa shape index (κ2) is 6.27. The molecule has 1 amide bonds. The highest BCUT2D eigenvalue weighted by Crippen LogP contribution is 2.26. The molecule has 2 saturated heterocycles. The van der Waals surface area contributed by atoms with Crippen molar-refractivity contribution in [2.45, 2.75) is 18.9 Å². The minimum atomic E-state index is -0.475. The Bertz CT molecular complexity index is 556. The van der Waals surface area contributed by atoms with E-state index in [1.807, 2.05) is 9.80 Å². The molecule has 8 nitrogen and oxygen atoms in total. The molecule has 0 bridgehead atoms. The highest BCUT2D eigenvalue weighted by Gasteiger charge is 2.35. The molecule has 3 rings (SSSR count). The van der Waals surface area contributed by atoms with Crippen molar-refractivity contribution < 1.29 is 14.5 Å². The van der Waals surface area contributed by atoms with Gasteiger partial charge in [0, 0.05) is 25.7 Å². The Morgan fingerprint density at radius 2 is 2.09 bits per heavy atom. The normalized spacial score (nSPS) is 21.9. The molecule has 118 valence electrons. The summed E-state index contributed by atoms with van der Waals surface area (Å²) in [7, 11) is 0. The molecule has 2 fully saturated rings. The van der Waals surface area contributed by atoms with Gasteiger partial charge in [-0.3, -0.25) is 14.9 Å². The van der Waals surface area contributed by atoms with E-state index in [2.05, 4.69) is 4.98 Å². The first-order valence-corrected chi connectivity index (χ1v) is 7.40. The van der Waals surface area contributed by atoms with Crippen molar-refractivity contribution in [2.75, 3.05) is 37.7 Å². The Labute approximate surface area is 127 Å². The van der Waals surface area contributed by atoms with Gasteiger partial charge < -0.3 is 14.5 Å². The summed E-state index contributed by atoms with van der Waals surface area (Å²) in [6.45, 7) is 3.14. The zero-order valence-electron chi connectivity index (χ0n) is 12.2. The van der Waals surface area contributed by atoms with Gasteiger partial charge in [-0.05, 0) is 18.9 Å². The summed E-state index contributed by atoms with van der Waals surface area (Å²) in [5, 5.41) is 10.7. The molecule has 0 aliphatic carbocycles. The first-order valence-electron chi connectivity index (χ1n) is 7.40. The van der Waals surface area contributed by atoms with Crippen molar-refractivity contribution in [3.05, 3.63) is 28.4 Å². The monoisotopic (exact) mass is 306 g/mol. The number of pyridine rings is 1. The minimum absolute atomic E-state index is 0.0426. The Morgan fingerprint density at radius 1 is 1.32 bits per heavy atom. The lowest BCUT2D eigenvalue weighted by Gasteiger charge is -2.32. The second-order valence-corrected chi connectivity index (χ2v) is 5.42. The lowest BCUT2D eigenvalue weighted by atomic mass is 10.2. The van der Waals surface area contributed by atoms with Gasteiger partial charge in [-0.25, -0.2) is 4.98 Å². The van der Waals surface area contributed by atoms with Gasteiger partial charge in [0.05, 0.1) is 18.1 Å². The SMILES string of the molecule is O=C([C@H]1CCCN1c1ccc([N+](=O)[O-])cn1)N1CCOCC1. The van der Waals surface area contributed by atoms with Crippen LogP contribution in [0.4, 0.5) is 11.5 Å². The summed E-state index contributed by atoms with van der Waals surface area (Å²) in [6.07, 6.45) is 2.94. The zero-order chi connectivity index (χ0) is 15.5. The molecule has 1 aromatic rings. The lowest BCUT2D eigenvalue weighted by Crippen LogP contribution is -2.50. The van der Waals surface area contributed by atoms with Gasteiger partial charge in [-0.2, -0.15) is 0 Å². The molecular formula is C14H18N4O4. The van der Waals surface area contributed by atoms with Gasteiger partial charge in [-0.15, -0.1) is 0 Å². The number of carbonyl (C=O) groups is 1. The van der Waals surface area contributed by atoms with Crippen molar-refractivity contribution in [3.63, 3.8) is 0 Å². The van der Waals surface area contributed by atoms with Gasteiger partial charge in [-0.1, -0.05) is 0 Å². The highest BCUT2D eigenvalue weighted by molar-refractivity contribution is 5.85. The topological polar surface area (TPSA) is 88.8 Å². The standard InChI is InChI=1S/C14H18N4O4/c19-14(16-6-8-22-9-7-16)12-2-1-5-17(12)13-4-3-11(10-15-13)18(20)21/h3-4,10,12H,1-2,5-9H2/t12-/m1/s1. The number of morpholine rings is 1. The third-order valence-electron chi connectivity index (χ3n) is 4.10. The number of carbonyl (C=O) groups excluding carboxylic acids is 1. The number of hydrogen-bond acceptors (Lipinski definition) is 6. The molecular weight excluding hydrogens is 288 g/mol. The van der Waals surface area contributed by atoms with Crippen molar-refractivity contribution in [2.24, 2.45) is 0 Å². The average Bonchev–Trinajstić information content (AvgIpc) is 3.04. The number of nitrogens with zero attached hydrogens (tertiary/aromatic N) is 4. The number of nitro groups is 1. The summed E-state index contributed by atoms with van der Waals surface area (Å²) < 4.78 is 5.28. The Morgan fingerprint density at radius 3 is 2.73 bits per heavy atom. The second-order valence-electron chi connectivity index (χ2n) is 5.42. The summed E-state index contributed by atoms with van der Waals surface area (Å²) in [6, 6.07) is 2.81. The van der Waals surface area contributed by atoms with Crippen LogP contribution >= 0.6 is 0 Å². The Hall–Kier alpha value is -2.22. The van der Waals surface area contributed by atoms with E-state index in [-0.39, 0.29) is 17.6 Å². The molecule has 0 spiro atoms. The first kappa shape index (κ1) is 14.7. The highest BCUT2D eigenvalue weighted by atomic mass is 16.6. The summed E-state index contributed by atoms with van der Waals surface area (Å²) >= 11 is 0. The predicted molar refractivity (Wildman–Crippen MR) is 78.7 cm³/mol. The van der Waals surface area contributed by atoms with Crippen LogP contribution in [0.15, 0.2) is 18.3 Å². The lowest BCUT2D eigenvalue weighted by molar-refractivity contribution is -0.385. The Kier molecular flexibility index (Phi) is 4.19. The van der Waals surface area contributed by atoms with Gasteiger partial charge >= 0.3 is 0 Å². The number of anilines is 1. The molecule has 0 saturated carbocycles. The van der Waals surface area contributed by atoms with E-state index in [4.69, 9.17) is 4.74 Å². The van der Waals surface area contributed by atoms with E-state index >= 15 is 0 Å². The molecule has 3 heterocycles. The quantitative estimate of drug-likeness (QED) is 0.606. The van der Waals surface area contributed by atoms with Gasteiger partial charge in [0.1, 0.15) is 18.1 Å². The molecule has 8 heteroatoms. The molecule has 1 atom stereocenters. The van der Waals surface area contributed by atoms with E-state index in [1.165, 1.54) is 12.3 Å². The van der Waals surface area contributed by atoms with Gasteiger partial charge in [0.15, 0.2) is 0 Å². The third-order valence-corrected chi connectivity index (χ3v) is 4.10. The molecule has 0 radical (unpaired) electrons. The molecule has 0 aromatic carbocycles. The van der Waals surface area contributed by atoms with E-state index in [9.17, 15) is 14.9 Å². The van der Waals surface area contributed by atoms with E-state index in [0.29, 0.717) is 32.1 Å². The van der Waals surface area contributed by atoms with Crippen molar-refractivity contribution in [1.82, 2.24) is 9.88 Å². The predicted octanol–water partition coefficient (Wildman–Crippen LogP) is 0.817. The fourth-order valence-electron chi connectivity index (χ4n) is 2.95. The van der Waals surface area contributed by atoms with Crippen LogP contribution in [0.2, 0.25) is 0 Å². The maximum Gasteiger partial charge on any atom is 0.287 e. The van der Waals surface area contributed by atoms with Gasteiger partial charge in [0.25, 0.3) is 5.69 Å². The van der Waals surface area contributed by atoms with E-state index in [0.717, 1.165) is 19.4 Å². The van der Waals surface area contributed by atoms with Gasteiger partial charge in [0.2, 0.25) is 5.91 Å². The fraction of sp³-hybridized carbons (Fsp3) is 0.571. The maximum absolute atomic E-state index is 12.7. The summed E-state index contributed by atoms with van der Waals surface area (Å²) in [5.74, 6) is 0.718.